The molecule has 162 valence electrons. The van der Waals surface area contributed by atoms with E-state index in [2.05, 4.69) is 31.3 Å². The summed E-state index contributed by atoms with van der Waals surface area (Å²) in [6.07, 6.45) is 5.32. The van der Waals surface area contributed by atoms with Crippen LogP contribution in [0.1, 0.15) is 42.5 Å². The summed E-state index contributed by atoms with van der Waals surface area (Å²) in [4.78, 5) is 14.3. The van der Waals surface area contributed by atoms with Crippen LogP contribution < -0.4 is 14.8 Å². The molecule has 4 rings (SSSR count). The molecule has 0 spiro atoms. The molecule has 5 nitrogen and oxygen atoms in total. The Morgan fingerprint density at radius 2 is 1.97 bits per heavy atom. The summed E-state index contributed by atoms with van der Waals surface area (Å²) in [7, 11) is 1.65. The molecule has 1 N–H and O–H groups in total. The fraction of sp³-hybridized carbons (Fsp3) is 0.360. The standard InChI is InChI=1S/C25H28N2O3S/c1-16(2)14-27-24(28)22(26-25(27)31)12-17-7-10-23(29-3)20(11-17)15-30-21-9-8-18-5-4-6-19(18)13-21/h7-13,16H,4-6,14-15H2,1-3H3,(H,26,31)/b22-12+. The Kier molecular flexibility index (Phi) is 6.28. The molecule has 1 amide bonds. The van der Waals surface area contributed by atoms with E-state index >= 15 is 0 Å². The zero-order valence-electron chi connectivity index (χ0n) is 18.2. The van der Waals surface area contributed by atoms with Gasteiger partial charge in [-0.1, -0.05) is 26.0 Å². The van der Waals surface area contributed by atoms with Crippen molar-refractivity contribution in [3.63, 3.8) is 0 Å². The number of aryl methyl sites for hydroxylation is 2. The number of benzene rings is 2. The molecule has 31 heavy (non-hydrogen) atoms. The van der Waals surface area contributed by atoms with Gasteiger partial charge < -0.3 is 14.8 Å². The van der Waals surface area contributed by atoms with Crippen LogP contribution in [0.2, 0.25) is 0 Å². The van der Waals surface area contributed by atoms with Gasteiger partial charge in [0.25, 0.3) is 5.91 Å². The summed E-state index contributed by atoms with van der Waals surface area (Å²) in [5.74, 6) is 1.87. The minimum Gasteiger partial charge on any atom is -0.496 e. The second-order valence-electron chi connectivity index (χ2n) is 8.44. The molecular weight excluding hydrogens is 408 g/mol. The Morgan fingerprint density at radius 1 is 1.16 bits per heavy atom. The molecule has 1 fully saturated rings. The first-order valence-electron chi connectivity index (χ1n) is 10.7. The first kappa shape index (κ1) is 21.4. The predicted molar refractivity (Wildman–Crippen MR) is 126 cm³/mol. The average Bonchev–Trinajstić information content (AvgIpc) is 3.32. The van der Waals surface area contributed by atoms with E-state index in [-0.39, 0.29) is 5.91 Å². The van der Waals surface area contributed by atoms with Gasteiger partial charge >= 0.3 is 0 Å². The van der Waals surface area contributed by atoms with Gasteiger partial charge in [-0.05, 0) is 84.4 Å². The summed E-state index contributed by atoms with van der Waals surface area (Å²) >= 11 is 5.34. The lowest BCUT2D eigenvalue weighted by atomic mass is 10.1. The molecule has 0 aromatic heterocycles. The first-order valence-corrected chi connectivity index (χ1v) is 11.1. The quantitative estimate of drug-likeness (QED) is 0.512. The minimum absolute atomic E-state index is 0.0922. The van der Waals surface area contributed by atoms with Gasteiger partial charge in [0.05, 0.1) is 7.11 Å². The highest BCUT2D eigenvalue weighted by atomic mass is 32.1. The molecule has 0 radical (unpaired) electrons. The normalized spacial score (nSPS) is 16.8. The van der Waals surface area contributed by atoms with Crippen LogP contribution >= 0.6 is 12.2 Å². The zero-order chi connectivity index (χ0) is 22.0. The Labute approximate surface area is 189 Å². The number of nitrogens with one attached hydrogen (secondary N) is 1. The molecule has 2 aromatic rings. The number of hydrogen-bond acceptors (Lipinski definition) is 4. The molecule has 1 aliphatic carbocycles. The molecule has 6 heteroatoms. The maximum atomic E-state index is 12.7. The predicted octanol–water partition coefficient (Wildman–Crippen LogP) is 4.48. The van der Waals surface area contributed by atoms with Crippen molar-refractivity contribution in [2.24, 2.45) is 5.92 Å². The smallest absolute Gasteiger partial charge is 0.276 e. The van der Waals surface area contributed by atoms with Crippen LogP contribution in [0.3, 0.4) is 0 Å². The topological polar surface area (TPSA) is 50.8 Å². The first-order chi connectivity index (χ1) is 14.9. The molecular formula is C25H28N2O3S. The van der Waals surface area contributed by atoms with E-state index in [1.165, 1.54) is 17.5 Å². The van der Waals surface area contributed by atoms with Crippen molar-refractivity contribution in [3.8, 4) is 11.5 Å². The fourth-order valence-electron chi connectivity index (χ4n) is 4.07. The van der Waals surface area contributed by atoms with Crippen molar-refractivity contribution in [1.29, 1.82) is 0 Å². The van der Waals surface area contributed by atoms with Gasteiger partial charge in [0.2, 0.25) is 0 Å². The number of carbonyl (C=O) groups excluding carboxylic acids is 1. The molecule has 1 aliphatic heterocycles. The van der Waals surface area contributed by atoms with E-state index < -0.39 is 0 Å². The van der Waals surface area contributed by atoms with Crippen LogP contribution in [-0.2, 0) is 24.2 Å². The summed E-state index contributed by atoms with van der Waals surface area (Å²) in [6, 6.07) is 12.2. The SMILES string of the molecule is COc1ccc(/C=C2/NC(=S)N(CC(C)C)C2=O)cc1COc1ccc2c(c1)CCC2. The number of hydrogen-bond donors (Lipinski definition) is 1. The number of ether oxygens (including phenoxy) is 2. The van der Waals surface area contributed by atoms with Crippen molar-refractivity contribution in [2.45, 2.75) is 39.7 Å². The molecule has 0 atom stereocenters. The molecule has 1 saturated heterocycles. The van der Waals surface area contributed by atoms with E-state index in [4.69, 9.17) is 21.7 Å². The van der Waals surface area contributed by atoms with Crippen molar-refractivity contribution < 1.29 is 14.3 Å². The van der Waals surface area contributed by atoms with E-state index in [0.29, 0.717) is 29.9 Å². The molecule has 1 heterocycles. The minimum atomic E-state index is -0.0922. The second kappa shape index (κ2) is 9.10. The fourth-order valence-corrected chi connectivity index (χ4v) is 4.34. The van der Waals surface area contributed by atoms with Crippen LogP contribution in [0.25, 0.3) is 6.08 Å². The lowest BCUT2D eigenvalue weighted by Gasteiger charge is -2.16. The Bertz CT molecular complexity index is 1050. The number of methoxy groups -OCH3 is 1. The Morgan fingerprint density at radius 3 is 2.74 bits per heavy atom. The third kappa shape index (κ3) is 4.74. The summed E-state index contributed by atoms with van der Waals surface area (Å²) in [5.41, 5.74) is 5.11. The van der Waals surface area contributed by atoms with Crippen LogP contribution in [0.4, 0.5) is 0 Å². The van der Waals surface area contributed by atoms with Crippen molar-refractivity contribution in [2.75, 3.05) is 13.7 Å². The van der Waals surface area contributed by atoms with Crippen molar-refractivity contribution in [1.82, 2.24) is 10.2 Å². The summed E-state index contributed by atoms with van der Waals surface area (Å²) in [6.45, 7) is 5.12. The van der Waals surface area contributed by atoms with Gasteiger partial charge in [-0.15, -0.1) is 0 Å². The van der Waals surface area contributed by atoms with E-state index in [1.54, 1.807) is 12.0 Å². The van der Waals surface area contributed by atoms with Crippen molar-refractivity contribution in [3.05, 3.63) is 64.3 Å². The second-order valence-corrected chi connectivity index (χ2v) is 8.83. The molecule has 0 saturated carbocycles. The van der Waals surface area contributed by atoms with Crippen LogP contribution in [0.15, 0.2) is 42.1 Å². The number of amides is 1. The Balaban J connectivity index is 1.52. The molecule has 2 aliphatic rings. The highest BCUT2D eigenvalue weighted by molar-refractivity contribution is 7.80. The maximum Gasteiger partial charge on any atom is 0.276 e. The maximum absolute atomic E-state index is 12.7. The highest BCUT2D eigenvalue weighted by Gasteiger charge is 2.30. The van der Waals surface area contributed by atoms with Gasteiger partial charge in [0.1, 0.15) is 23.8 Å². The van der Waals surface area contributed by atoms with E-state index in [9.17, 15) is 4.79 Å². The number of thiocarbonyl (C=S) groups is 1. The third-order valence-electron chi connectivity index (χ3n) is 5.59. The molecule has 2 aromatic carbocycles. The third-order valence-corrected chi connectivity index (χ3v) is 5.91. The number of nitrogens with zero attached hydrogens (tertiary/aromatic N) is 1. The van der Waals surface area contributed by atoms with Gasteiger partial charge in [0.15, 0.2) is 5.11 Å². The highest BCUT2D eigenvalue weighted by Crippen LogP contribution is 2.28. The van der Waals surface area contributed by atoms with Gasteiger partial charge in [-0.25, -0.2) is 0 Å². The van der Waals surface area contributed by atoms with Gasteiger partial charge in [-0.2, -0.15) is 0 Å². The largest absolute Gasteiger partial charge is 0.496 e. The summed E-state index contributed by atoms with van der Waals surface area (Å²) in [5, 5.41) is 3.50. The van der Waals surface area contributed by atoms with Crippen LogP contribution in [0.5, 0.6) is 11.5 Å². The lowest BCUT2D eigenvalue weighted by Crippen LogP contribution is -2.33. The number of fused-ring (bicyclic) bond motifs is 1. The number of carbonyl (C=O) groups is 1. The Hall–Kier alpha value is -2.86. The van der Waals surface area contributed by atoms with Crippen LogP contribution in [-0.4, -0.2) is 29.6 Å². The van der Waals surface area contributed by atoms with Crippen LogP contribution in [0, 0.1) is 5.92 Å². The average molecular weight is 437 g/mol. The lowest BCUT2D eigenvalue weighted by molar-refractivity contribution is -0.122. The van der Waals surface area contributed by atoms with E-state index in [1.807, 2.05) is 30.3 Å². The molecule has 0 bridgehead atoms. The van der Waals surface area contributed by atoms with Gasteiger partial charge in [0, 0.05) is 12.1 Å². The monoisotopic (exact) mass is 436 g/mol. The van der Waals surface area contributed by atoms with E-state index in [0.717, 1.165) is 35.5 Å². The zero-order valence-corrected chi connectivity index (χ0v) is 19.1. The van der Waals surface area contributed by atoms with Gasteiger partial charge in [-0.3, -0.25) is 9.69 Å². The van der Waals surface area contributed by atoms with Crippen molar-refractivity contribution >= 4 is 29.3 Å². The molecule has 0 unspecified atom stereocenters. The summed E-state index contributed by atoms with van der Waals surface area (Å²) < 4.78 is 11.6. The number of rotatable bonds is 7.